The van der Waals surface area contributed by atoms with Crippen LogP contribution in [0.4, 0.5) is 4.39 Å². The monoisotopic (exact) mass is 272 g/mol. The predicted molar refractivity (Wildman–Crippen MR) is 72.1 cm³/mol. The van der Waals surface area contributed by atoms with Gasteiger partial charge >= 0.3 is 0 Å². The van der Waals surface area contributed by atoms with Gasteiger partial charge in [0.1, 0.15) is 5.82 Å². The van der Waals surface area contributed by atoms with Crippen molar-refractivity contribution in [1.82, 2.24) is 10.3 Å². The zero-order valence-corrected chi connectivity index (χ0v) is 10.6. The van der Waals surface area contributed by atoms with Gasteiger partial charge in [0.25, 0.3) is 5.91 Å². The zero-order chi connectivity index (χ0) is 14.1. The molecule has 2 atom stereocenters. The van der Waals surface area contributed by atoms with E-state index >= 15 is 0 Å². The molecule has 0 unspecified atom stereocenters. The first-order valence-electron chi connectivity index (χ1n) is 6.38. The summed E-state index contributed by atoms with van der Waals surface area (Å²) in [5.41, 5.74) is 0.912. The first-order chi connectivity index (χ1) is 9.63. The van der Waals surface area contributed by atoms with Crippen molar-refractivity contribution in [3.63, 3.8) is 0 Å². The minimum atomic E-state index is -0.310. The molecule has 1 aliphatic rings. The SMILES string of the molecule is O=C(N[C@@H]1C[C@H]1c1cccc(F)c1)c1cc[nH]c(=O)c1. The summed E-state index contributed by atoms with van der Waals surface area (Å²) in [7, 11) is 0. The van der Waals surface area contributed by atoms with E-state index in [1.54, 1.807) is 12.1 Å². The molecular formula is C15H13FN2O2. The second-order valence-corrected chi connectivity index (χ2v) is 4.92. The number of pyridine rings is 1. The summed E-state index contributed by atoms with van der Waals surface area (Å²) >= 11 is 0. The molecule has 3 rings (SSSR count). The lowest BCUT2D eigenvalue weighted by Crippen LogP contribution is -2.27. The summed E-state index contributed by atoms with van der Waals surface area (Å²) in [5, 5.41) is 2.85. The van der Waals surface area contributed by atoms with Crippen molar-refractivity contribution in [2.45, 2.75) is 18.4 Å². The summed E-state index contributed by atoms with van der Waals surface area (Å²) in [5.74, 6) is -0.397. The van der Waals surface area contributed by atoms with Gasteiger partial charge in [0.05, 0.1) is 0 Å². The number of nitrogens with one attached hydrogen (secondary N) is 2. The van der Waals surface area contributed by atoms with Crippen molar-refractivity contribution in [2.24, 2.45) is 0 Å². The maximum absolute atomic E-state index is 13.1. The molecule has 1 saturated carbocycles. The Balaban J connectivity index is 1.66. The highest BCUT2D eigenvalue weighted by Crippen LogP contribution is 2.40. The second-order valence-electron chi connectivity index (χ2n) is 4.92. The lowest BCUT2D eigenvalue weighted by Gasteiger charge is -2.04. The van der Waals surface area contributed by atoms with Gasteiger partial charge in [0, 0.05) is 29.8 Å². The Kier molecular flexibility index (Phi) is 3.10. The minimum absolute atomic E-state index is 0.00332. The van der Waals surface area contributed by atoms with Crippen LogP contribution < -0.4 is 10.9 Å². The van der Waals surface area contributed by atoms with E-state index in [2.05, 4.69) is 10.3 Å². The van der Waals surface area contributed by atoms with E-state index in [4.69, 9.17) is 0 Å². The van der Waals surface area contributed by atoms with Crippen LogP contribution in [0.5, 0.6) is 0 Å². The average molecular weight is 272 g/mol. The molecule has 0 saturated heterocycles. The Morgan fingerprint density at radius 2 is 2.15 bits per heavy atom. The molecule has 2 aromatic rings. The maximum atomic E-state index is 13.1. The van der Waals surface area contributed by atoms with Crippen LogP contribution >= 0.6 is 0 Å². The molecule has 1 aromatic heterocycles. The van der Waals surface area contributed by atoms with Gasteiger partial charge in [-0.3, -0.25) is 9.59 Å². The lowest BCUT2D eigenvalue weighted by atomic mass is 10.1. The number of halogens is 1. The zero-order valence-electron chi connectivity index (χ0n) is 10.6. The number of carbonyl (C=O) groups is 1. The van der Waals surface area contributed by atoms with E-state index in [1.807, 2.05) is 6.07 Å². The fourth-order valence-corrected chi connectivity index (χ4v) is 2.30. The number of amides is 1. The number of benzene rings is 1. The van der Waals surface area contributed by atoms with Crippen LogP contribution in [0.15, 0.2) is 47.4 Å². The molecular weight excluding hydrogens is 259 g/mol. The summed E-state index contributed by atoms with van der Waals surface area (Å²) in [4.78, 5) is 25.6. The number of carbonyl (C=O) groups excluding carboxylic acids is 1. The Morgan fingerprint density at radius 3 is 2.90 bits per heavy atom. The quantitative estimate of drug-likeness (QED) is 0.895. The lowest BCUT2D eigenvalue weighted by molar-refractivity contribution is 0.0950. The number of rotatable bonds is 3. The molecule has 2 N–H and O–H groups in total. The van der Waals surface area contributed by atoms with Crippen LogP contribution in [0.1, 0.15) is 28.3 Å². The number of hydrogen-bond acceptors (Lipinski definition) is 2. The molecule has 1 amide bonds. The average Bonchev–Trinajstić information content (AvgIpc) is 3.18. The molecule has 1 fully saturated rings. The van der Waals surface area contributed by atoms with E-state index < -0.39 is 0 Å². The Bertz CT molecular complexity index is 711. The van der Waals surface area contributed by atoms with Crippen LogP contribution in [0.3, 0.4) is 0 Å². The fourth-order valence-electron chi connectivity index (χ4n) is 2.30. The number of H-pyrrole nitrogens is 1. The Morgan fingerprint density at radius 1 is 1.30 bits per heavy atom. The molecule has 102 valence electrons. The van der Waals surface area contributed by atoms with Crippen molar-refractivity contribution < 1.29 is 9.18 Å². The highest BCUT2D eigenvalue weighted by molar-refractivity contribution is 5.94. The van der Waals surface area contributed by atoms with Crippen molar-refractivity contribution in [1.29, 1.82) is 0 Å². The van der Waals surface area contributed by atoms with Gasteiger partial charge in [0.15, 0.2) is 0 Å². The number of hydrogen-bond donors (Lipinski definition) is 2. The molecule has 0 bridgehead atoms. The van der Waals surface area contributed by atoms with Crippen LogP contribution in [-0.4, -0.2) is 16.9 Å². The van der Waals surface area contributed by atoms with Gasteiger partial charge < -0.3 is 10.3 Å². The van der Waals surface area contributed by atoms with Crippen LogP contribution in [0.2, 0.25) is 0 Å². The second kappa shape index (κ2) is 4.92. The van der Waals surface area contributed by atoms with Crippen LogP contribution in [0, 0.1) is 5.82 Å². The first-order valence-corrected chi connectivity index (χ1v) is 6.38. The van der Waals surface area contributed by atoms with Gasteiger partial charge in [-0.05, 0) is 30.2 Å². The fraction of sp³-hybridized carbons (Fsp3) is 0.200. The summed E-state index contributed by atoms with van der Waals surface area (Å²) in [6.07, 6.45) is 2.23. The summed E-state index contributed by atoms with van der Waals surface area (Å²) in [6.45, 7) is 0. The molecule has 1 heterocycles. The van der Waals surface area contributed by atoms with Gasteiger partial charge in [0.2, 0.25) is 5.56 Å². The maximum Gasteiger partial charge on any atom is 0.251 e. The normalized spacial score (nSPS) is 20.4. The van der Waals surface area contributed by atoms with Gasteiger partial charge in [-0.15, -0.1) is 0 Å². The van der Waals surface area contributed by atoms with Crippen molar-refractivity contribution in [3.05, 3.63) is 69.9 Å². The van der Waals surface area contributed by atoms with Gasteiger partial charge in [-0.2, -0.15) is 0 Å². The molecule has 1 aromatic carbocycles. The summed E-state index contributed by atoms with van der Waals surface area (Å²) < 4.78 is 13.1. The molecule has 0 radical (unpaired) electrons. The minimum Gasteiger partial charge on any atom is -0.349 e. The third-order valence-corrected chi connectivity index (χ3v) is 3.42. The highest BCUT2D eigenvalue weighted by atomic mass is 19.1. The molecule has 4 nitrogen and oxygen atoms in total. The molecule has 0 spiro atoms. The first kappa shape index (κ1) is 12.6. The molecule has 20 heavy (non-hydrogen) atoms. The molecule has 0 aliphatic heterocycles. The smallest absolute Gasteiger partial charge is 0.251 e. The topological polar surface area (TPSA) is 62.0 Å². The molecule has 5 heteroatoms. The number of aromatic nitrogens is 1. The van der Waals surface area contributed by atoms with Crippen molar-refractivity contribution in [3.8, 4) is 0 Å². The van der Waals surface area contributed by atoms with Crippen LogP contribution in [-0.2, 0) is 0 Å². The Hall–Kier alpha value is -2.43. The number of aromatic amines is 1. The van der Waals surface area contributed by atoms with Gasteiger partial charge in [-0.25, -0.2) is 4.39 Å². The Labute approximate surface area is 114 Å². The van der Waals surface area contributed by atoms with E-state index in [-0.39, 0.29) is 29.2 Å². The third-order valence-electron chi connectivity index (χ3n) is 3.42. The van der Waals surface area contributed by atoms with E-state index in [9.17, 15) is 14.0 Å². The predicted octanol–water partition coefficient (Wildman–Crippen LogP) is 1.80. The summed E-state index contributed by atoms with van der Waals surface area (Å²) in [6, 6.07) is 9.22. The van der Waals surface area contributed by atoms with Crippen molar-refractivity contribution in [2.75, 3.05) is 0 Å². The third kappa shape index (κ3) is 2.61. The van der Waals surface area contributed by atoms with Crippen molar-refractivity contribution >= 4 is 5.91 Å². The van der Waals surface area contributed by atoms with E-state index in [0.717, 1.165) is 12.0 Å². The van der Waals surface area contributed by atoms with Gasteiger partial charge in [-0.1, -0.05) is 12.1 Å². The van der Waals surface area contributed by atoms with E-state index in [0.29, 0.717) is 5.56 Å². The largest absolute Gasteiger partial charge is 0.349 e. The van der Waals surface area contributed by atoms with E-state index in [1.165, 1.54) is 24.4 Å². The highest BCUT2D eigenvalue weighted by Gasteiger charge is 2.39. The van der Waals surface area contributed by atoms with Crippen LogP contribution in [0.25, 0.3) is 0 Å². The molecule has 1 aliphatic carbocycles. The standard InChI is InChI=1S/C15H13FN2O2/c16-11-3-1-2-9(6-11)12-8-13(12)18-15(20)10-4-5-17-14(19)7-10/h1-7,12-13H,8H2,(H,17,19)(H,18,20)/t12-,13+/m0/s1.